The van der Waals surface area contributed by atoms with E-state index < -0.39 is 0 Å². The number of nitro groups is 1. The van der Waals surface area contributed by atoms with Gasteiger partial charge in [-0.25, -0.2) is 4.98 Å². The molecule has 7 nitrogen and oxygen atoms in total. The lowest BCUT2D eigenvalue weighted by Gasteiger charge is -2.00. The Morgan fingerprint density at radius 2 is 2.47 bits per heavy atom. The number of nitrogens with zero attached hydrogens (tertiary/aromatic N) is 3. The van der Waals surface area contributed by atoms with Gasteiger partial charge in [-0.3, -0.25) is 15.2 Å². The Labute approximate surface area is 101 Å². The van der Waals surface area contributed by atoms with Gasteiger partial charge in [-0.2, -0.15) is 5.10 Å². The molecule has 0 aliphatic heterocycles. The van der Waals surface area contributed by atoms with E-state index in [1.165, 1.54) is 6.33 Å². The zero-order chi connectivity index (χ0) is 12.1. The molecular formula is C9H11N5O2S. The van der Waals surface area contributed by atoms with Crippen molar-refractivity contribution in [3.63, 3.8) is 0 Å². The summed E-state index contributed by atoms with van der Waals surface area (Å²) < 4.78 is 0. The highest BCUT2D eigenvalue weighted by Gasteiger charge is 2.08. The Hall–Kier alpha value is -1.80. The Morgan fingerprint density at radius 3 is 3.12 bits per heavy atom. The monoisotopic (exact) mass is 253 g/mol. The summed E-state index contributed by atoms with van der Waals surface area (Å²) in [5.41, 5.74) is 0.930. The van der Waals surface area contributed by atoms with Crippen LogP contribution in [0.15, 0.2) is 17.8 Å². The predicted molar refractivity (Wildman–Crippen MR) is 62.8 cm³/mol. The van der Waals surface area contributed by atoms with Crippen LogP contribution in [-0.4, -0.2) is 26.6 Å². The van der Waals surface area contributed by atoms with E-state index in [-0.39, 0.29) is 9.92 Å². The van der Waals surface area contributed by atoms with E-state index in [9.17, 15) is 10.1 Å². The van der Waals surface area contributed by atoms with E-state index in [0.717, 1.165) is 35.7 Å². The van der Waals surface area contributed by atoms with Gasteiger partial charge in [0.15, 0.2) is 0 Å². The van der Waals surface area contributed by atoms with Crippen LogP contribution in [0.2, 0.25) is 0 Å². The predicted octanol–water partition coefficient (Wildman–Crippen LogP) is 1.11. The summed E-state index contributed by atoms with van der Waals surface area (Å²) in [5, 5.41) is 22.1. The Morgan fingerprint density at radius 1 is 1.59 bits per heavy atom. The fourth-order valence-electron chi connectivity index (χ4n) is 1.34. The Balaban J connectivity index is 1.72. The standard InChI is InChI=1S/C9H11N5O2S/c15-14(16)9-3-7(5-17-9)4-10-2-1-8-11-6-12-13-8/h3,5-6,10H,1-2,4H2,(H,11,12,13). The third-order valence-electron chi connectivity index (χ3n) is 2.15. The molecule has 2 aromatic heterocycles. The number of aromatic nitrogens is 3. The van der Waals surface area contributed by atoms with Gasteiger partial charge in [-0.15, -0.1) is 0 Å². The van der Waals surface area contributed by atoms with Gasteiger partial charge < -0.3 is 5.32 Å². The largest absolute Gasteiger partial charge is 0.324 e. The average Bonchev–Trinajstić information content (AvgIpc) is 2.96. The minimum Gasteiger partial charge on any atom is -0.312 e. The molecule has 2 heterocycles. The first-order valence-corrected chi connectivity index (χ1v) is 5.90. The fraction of sp³-hybridized carbons (Fsp3) is 0.333. The molecule has 0 spiro atoms. The molecule has 0 unspecified atom stereocenters. The highest BCUT2D eigenvalue weighted by atomic mass is 32.1. The second-order valence-electron chi connectivity index (χ2n) is 3.41. The summed E-state index contributed by atoms with van der Waals surface area (Å²) in [5.74, 6) is 0.828. The summed E-state index contributed by atoms with van der Waals surface area (Å²) in [6.45, 7) is 1.37. The normalized spacial score (nSPS) is 10.6. The third-order valence-corrected chi connectivity index (χ3v) is 3.08. The van der Waals surface area contributed by atoms with Crippen molar-refractivity contribution in [3.05, 3.63) is 39.3 Å². The lowest BCUT2D eigenvalue weighted by Crippen LogP contribution is -2.16. The minimum absolute atomic E-state index is 0.178. The van der Waals surface area contributed by atoms with Crippen LogP contribution in [0.25, 0.3) is 0 Å². The molecule has 8 heteroatoms. The second-order valence-corrected chi connectivity index (χ2v) is 4.30. The molecule has 2 N–H and O–H groups in total. The van der Waals surface area contributed by atoms with Crippen LogP contribution < -0.4 is 5.32 Å². The van der Waals surface area contributed by atoms with Crippen LogP contribution in [0.1, 0.15) is 11.4 Å². The van der Waals surface area contributed by atoms with Gasteiger partial charge in [-0.05, 0) is 5.56 Å². The van der Waals surface area contributed by atoms with Crippen molar-refractivity contribution >= 4 is 16.3 Å². The van der Waals surface area contributed by atoms with Crippen LogP contribution >= 0.6 is 11.3 Å². The SMILES string of the molecule is O=[N+]([O-])c1cc(CNCCc2ncn[nH]2)cs1. The maximum Gasteiger partial charge on any atom is 0.324 e. The molecule has 0 radical (unpaired) electrons. The molecule has 0 saturated heterocycles. The van der Waals surface area contributed by atoms with E-state index in [2.05, 4.69) is 20.5 Å². The van der Waals surface area contributed by atoms with Crippen molar-refractivity contribution < 1.29 is 4.92 Å². The van der Waals surface area contributed by atoms with Gasteiger partial charge in [0.25, 0.3) is 0 Å². The van der Waals surface area contributed by atoms with Gasteiger partial charge in [0, 0.05) is 31.0 Å². The third kappa shape index (κ3) is 3.33. The van der Waals surface area contributed by atoms with Crippen molar-refractivity contribution in [1.82, 2.24) is 20.5 Å². The van der Waals surface area contributed by atoms with Crippen LogP contribution in [0, 0.1) is 10.1 Å². The van der Waals surface area contributed by atoms with E-state index in [0.29, 0.717) is 6.54 Å². The zero-order valence-corrected chi connectivity index (χ0v) is 9.74. The van der Waals surface area contributed by atoms with Crippen molar-refractivity contribution in [2.75, 3.05) is 6.54 Å². The zero-order valence-electron chi connectivity index (χ0n) is 8.92. The maximum atomic E-state index is 10.5. The van der Waals surface area contributed by atoms with Crippen LogP contribution in [0.5, 0.6) is 0 Å². The number of hydrogen-bond acceptors (Lipinski definition) is 6. The number of rotatable bonds is 6. The van der Waals surface area contributed by atoms with Crippen LogP contribution in [0.4, 0.5) is 5.00 Å². The van der Waals surface area contributed by atoms with Gasteiger partial charge in [-0.1, -0.05) is 11.3 Å². The van der Waals surface area contributed by atoms with Crippen LogP contribution in [-0.2, 0) is 13.0 Å². The van der Waals surface area contributed by atoms with E-state index in [4.69, 9.17) is 0 Å². The van der Waals surface area contributed by atoms with Gasteiger partial charge in [0.1, 0.15) is 12.2 Å². The number of aromatic amines is 1. The second kappa shape index (κ2) is 5.51. The smallest absolute Gasteiger partial charge is 0.312 e. The fourth-order valence-corrected chi connectivity index (χ4v) is 2.07. The first-order valence-electron chi connectivity index (χ1n) is 5.02. The molecule has 0 fully saturated rings. The molecule has 0 bridgehead atoms. The first kappa shape index (κ1) is 11.7. The molecule has 0 saturated carbocycles. The lowest BCUT2D eigenvalue weighted by atomic mass is 10.3. The summed E-state index contributed by atoms with van der Waals surface area (Å²) in [7, 11) is 0. The molecule has 0 aliphatic rings. The molecule has 90 valence electrons. The summed E-state index contributed by atoms with van der Waals surface area (Å²) in [4.78, 5) is 14.1. The molecule has 0 aromatic carbocycles. The number of hydrogen-bond donors (Lipinski definition) is 2. The van der Waals surface area contributed by atoms with E-state index in [1.54, 1.807) is 11.4 Å². The maximum absolute atomic E-state index is 10.5. The molecule has 17 heavy (non-hydrogen) atoms. The molecule has 0 atom stereocenters. The highest BCUT2D eigenvalue weighted by molar-refractivity contribution is 7.13. The van der Waals surface area contributed by atoms with Crippen molar-refractivity contribution in [1.29, 1.82) is 0 Å². The summed E-state index contributed by atoms with van der Waals surface area (Å²) in [6.07, 6.45) is 2.23. The van der Waals surface area contributed by atoms with Gasteiger partial charge in [0.05, 0.1) is 4.92 Å². The van der Waals surface area contributed by atoms with Crippen LogP contribution in [0.3, 0.4) is 0 Å². The number of H-pyrrole nitrogens is 1. The van der Waals surface area contributed by atoms with Crippen molar-refractivity contribution in [3.8, 4) is 0 Å². The first-order chi connectivity index (χ1) is 8.25. The van der Waals surface area contributed by atoms with Crippen molar-refractivity contribution in [2.45, 2.75) is 13.0 Å². The summed E-state index contributed by atoms with van der Waals surface area (Å²) >= 11 is 1.15. The van der Waals surface area contributed by atoms with E-state index >= 15 is 0 Å². The quantitative estimate of drug-likeness (QED) is 0.456. The number of thiophene rings is 1. The average molecular weight is 253 g/mol. The topological polar surface area (TPSA) is 96.7 Å². The summed E-state index contributed by atoms with van der Waals surface area (Å²) in [6, 6.07) is 1.59. The minimum atomic E-state index is -0.372. The van der Waals surface area contributed by atoms with Gasteiger partial charge in [0.2, 0.25) is 0 Å². The van der Waals surface area contributed by atoms with Crippen molar-refractivity contribution in [2.24, 2.45) is 0 Å². The van der Waals surface area contributed by atoms with E-state index in [1.807, 2.05) is 0 Å². The number of nitrogens with one attached hydrogen (secondary N) is 2. The molecule has 0 aliphatic carbocycles. The molecule has 2 rings (SSSR count). The highest BCUT2D eigenvalue weighted by Crippen LogP contribution is 2.22. The molecule has 0 amide bonds. The molecular weight excluding hydrogens is 242 g/mol. The lowest BCUT2D eigenvalue weighted by molar-refractivity contribution is -0.380. The molecule has 2 aromatic rings. The van der Waals surface area contributed by atoms with Gasteiger partial charge >= 0.3 is 5.00 Å². The Kier molecular flexibility index (Phi) is 3.78. The Bertz CT molecular complexity index is 481.